The van der Waals surface area contributed by atoms with E-state index in [9.17, 15) is 14.0 Å². The molecular formula is C27H21ClFNO5. The monoisotopic (exact) mass is 493 g/mol. The van der Waals surface area contributed by atoms with E-state index in [2.05, 4.69) is 5.32 Å². The number of methoxy groups -OCH3 is 1. The van der Waals surface area contributed by atoms with Gasteiger partial charge in [0.05, 0.1) is 24.8 Å². The Balaban J connectivity index is 1.54. The van der Waals surface area contributed by atoms with Gasteiger partial charge in [0.15, 0.2) is 11.5 Å². The van der Waals surface area contributed by atoms with Crippen LogP contribution in [-0.2, 0) is 5.60 Å². The summed E-state index contributed by atoms with van der Waals surface area (Å²) in [5, 5.41) is 3.72. The molecule has 0 saturated heterocycles. The van der Waals surface area contributed by atoms with Gasteiger partial charge in [0.1, 0.15) is 28.5 Å². The molecule has 0 unspecified atom stereocenters. The maximum Gasteiger partial charge on any atom is 0.291 e. The van der Waals surface area contributed by atoms with E-state index in [4.69, 9.17) is 25.5 Å². The number of aryl methyl sites for hydroxylation is 1. The third-order valence-corrected chi connectivity index (χ3v) is 6.47. The summed E-state index contributed by atoms with van der Waals surface area (Å²) in [5.74, 6) is -0.137. The lowest BCUT2D eigenvalue weighted by Gasteiger charge is -2.35. The zero-order chi connectivity index (χ0) is 24.9. The van der Waals surface area contributed by atoms with Crippen LogP contribution in [0, 0.1) is 12.7 Å². The summed E-state index contributed by atoms with van der Waals surface area (Å²) >= 11 is 6.07. The second kappa shape index (κ2) is 8.43. The number of Topliss-reactive ketones (excluding diaryl/α,β-unsaturated/α-hetero) is 1. The Kier molecular flexibility index (Phi) is 5.52. The fraction of sp³-hybridized carbons (Fsp3) is 0.185. The molecule has 3 aromatic carbocycles. The molecule has 1 amide bonds. The topological polar surface area (TPSA) is 77.8 Å². The van der Waals surface area contributed by atoms with Crippen LogP contribution in [0.2, 0.25) is 5.02 Å². The quantitative estimate of drug-likeness (QED) is 0.343. The molecule has 0 radical (unpaired) electrons. The first-order chi connectivity index (χ1) is 16.7. The molecule has 1 atom stereocenters. The minimum Gasteiger partial charge on any atom is -0.495 e. The van der Waals surface area contributed by atoms with Gasteiger partial charge in [0.25, 0.3) is 5.91 Å². The van der Waals surface area contributed by atoms with Gasteiger partial charge in [-0.25, -0.2) is 4.39 Å². The standard InChI is InChI=1S/C27H21ClFNO5/c1-14-23-21(34-25(14)26(32)30-18-12-16(28)6-9-20(18)33-3)10-11-22-24(23)19(31)13-27(2,35-22)15-4-7-17(29)8-5-15/h4-12H,13H2,1-3H3,(H,30,32)/t27-/m0/s1. The van der Waals surface area contributed by atoms with Crippen LogP contribution in [0.3, 0.4) is 0 Å². The molecule has 1 N–H and O–H groups in total. The van der Waals surface area contributed by atoms with Crippen LogP contribution in [0.4, 0.5) is 10.1 Å². The average molecular weight is 494 g/mol. The van der Waals surface area contributed by atoms with Gasteiger partial charge < -0.3 is 19.2 Å². The number of ketones is 1. The van der Waals surface area contributed by atoms with Gasteiger partial charge in [-0.1, -0.05) is 23.7 Å². The number of rotatable bonds is 4. The number of carbonyl (C=O) groups is 2. The number of ether oxygens (including phenoxy) is 2. The van der Waals surface area contributed by atoms with Crippen LogP contribution in [0.15, 0.2) is 59.0 Å². The zero-order valence-corrected chi connectivity index (χ0v) is 20.0. The van der Waals surface area contributed by atoms with E-state index in [-0.39, 0.29) is 23.8 Å². The summed E-state index contributed by atoms with van der Waals surface area (Å²) in [6, 6.07) is 14.1. The van der Waals surface area contributed by atoms with E-state index < -0.39 is 11.5 Å². The van der Waals surface area contributed by atoms with Gasteiger partial charge in [0, 0.05) is 16.0 Å². The maximum absolute atomic E-state index is 13.4. The molecule has 4 aromatic rings. The largest absolute Gasteiger partial charge is 0.495 e. The number of furan rings is 1. The van der Waals surface area contributed by atoms with Crippen LogP contribution in [0.5, 0.6) is 11.5 Å². The number of hydrogen-bond acceptors (Lipinski definition) is 5. The third kappa shape index (κ3) is 3.91. The number of fused-ring (bicyclic) bond motifs is 3. The van der Waals surface area contributed by atoms with Crippen molar-refractivity contribution in [3.63, 3.8) is 0 Å². The van der Waals surface area contributed by atoms with E-state index in [1.165, 1.54) is 19.2 Å². The highest BCUT2D eigenvalue weighted by atomic mass is 35.5. The molecule has 0 spiro atoms. The van der Waals surface area contributed by atoms with Crippen molar-refractivity contribution >= 4 is 39.9 Å². The molecule has 6 nitrogen and oxygen atoms in total. The van der Waals surface area contributed by atoms with Crippen molar-refractivity contribution in [2.24, 2.45) is 0 Å². The second-order valence-corrected chi connectivity index (χ2v) is 9.04. The normalized spacial score (nSPS) is 17.1. The molecule has 0 aliphatic carbocycles. The Morgan fingerprint density at radius 1 is 1.14 bits per heavy atom. The molecule has 1 aliphatic rings. The summed E-state index contributed by atoms with van der Waals surface area (Å²) in [4.78, 5) is 26.5. The number of benzene rings is 3. The maximum atomic E-state index is 13.4. The van der Waals surface area contributed by atoms with E-state index >= 15 is 0 Å². The zero-order valence-electron chi connectivity index (χ0n) is 19.2. The Bertz CT molecular complexity index is 1490. The molecule has 0 bridgehead atoms. The molecule has 35 heavy (non-hydrogen) atoms. The molecule has 1 aliphatic heterocycles. The van der Waals surface area contributed by atoms with E-state index in [0.717, 1.165) is 0 Å². The molecule has 5 rings (SSSR count). The van der Waals surface area contributed by atoms with Crippen LogP contribution in [0.25, 0.3) is 11.0 Å². The van der Waals surface area contributed by atoms with Crippen molar-refractivity contribution in [1.29, 1.82) is 0 Å². The van der Waals surface area contributed by atoms with Crippen molar-refractivity contribution < 1.29 is 27.9 Å². The van der Waals surface area contributed by atoms with Crippen LogP contribution in [-0.4, -0.2) is 18.8 Å². The van der Waals surface area contributed by atoms with Crippen LogP contribution >= 0.6 is 11.6 Å². The van der Waals surface area contributed by atoms with E-state index in [1.54, 1.807) is 56.3 Å². The SMILES string of the molecule is COc1ccc(Cl)cc1NC(=O)c1oc2ccc3c(c2c1C)C(=O)C[C@@](C)(c1ccc(F)cc1)O3. The number of hydrogen-bond donors (Lipinski definition) is 1. The summed E-state index contributed by atoms with van der Waals surface area (Å²) in [5.41, 5.74) is 1.40. The molecule has 2 heterocycles. The van der Waals surface area contributed by atoms with Crippen molar-refractivity contribution in [1.82, 2.24) is 0 Å². The van der Waals surface area contributed by atoms with E-state index in [0.29, 0.717) is 49.9 Å². The Morgan fingerprint density at radius 3 is 2.60 bits per heavy atom. The lowest BCUT2D eigenvalue weighted by Crippen LogP contribution is -2.36. The first-order valence-electron chi connectivity index (χ1n) is 10.9. The minimum absolute atomic E-state index is 0.0522. The number of nitrogens with one attached hydrogen (secondary N) is 1. The molecule has 8 heteroatoms. The van der Waals surface area contributed by atoms with Crippen molar-refractivity contribution in [3.05, 3.63) is 87.9 Å². The first-order valence-corrected chi connectivity index (χ1v) is 11.3. The fourth-order valence-corrected chi connectivity index (χ4v) is 4.67. The van der Waals surface area contributed by atoms with Crippen LogP contribution in [0.1, 0.15) is 45.4 Å². The van der Waals surface area contributed by atoms with Gasteiger partial charge in [-0.3, -0.25) is 9.59 Å². The molecule has 0 saturated carbocycles. The number of anilines is 1. The minimum atomic E-state index is -0.952. The van der Waals surface area contributed by atoms with E-state index in [1.807, 2.05) is 0 Å². The second-order valence-electron chi connectivity index (χ2n) is 8.61. The Hall–Kier alpha value is -3.84. The smallest absolute Gasteiger partial charge is 0.291 e. The van der Waals surface area contributed by atoms with Gasteiger partial charge in [0.2, 0.25) is 0 Å². The van der Waals surface area contributed by atoms with Crippen molar-refractivity contribution in [2.75, 3.05) is 12.4 Å². The predicted octanol–water partition coefficient (Wildman–Crippen LogP) is 6.68. The van der Waals surface area contributed by atoms with Gasteiger partial charge in [-0.15, -0.1) is 0 Å². The summed E-state index contributed by atoms with van der Waals surface area (Å²) in [6.45, 7) is 3.52. The van der Waals surface area contributed by atoms with Gasteiger partial charge >= 0.3 is 0 Å². The molecule has 1 aromatic heterocycles. The summed E-state index contributed by atoms with van der Waals surface area (Å²) in [7, 11) is 1.49. The average Bonchev–Trinajstić information content (AvgIpc) is 3.16. The number of carbonyl (C=O) groups excluding carboxylic acids is 2. The Morgan fingerprint density at radius 2 is 1.89 bits per heavy atom. The number of amides is 1. The highest BCUT2D eigenvalue weighted by Crippen LogP contribution is 2.44. The number of halogens is 2. The fourth-order valence-electron chi connectivity index (χ4n) is 4.49. The molecular weight excluding hydrogens is 473 g/mol. The predicted molar refractivity (Wildman–Crippen MR) is 130 cm³/mol. The first kappa shape index (κ1) is 22.9. The van der Waals surface area contributed by atoms with Gasteiger partial charge in [-0.05, 0) is 61.9 Å². The molecule has 0 fully saturated rings. The lowest BCUT2D eigenvalue weighted by atomic mass is 9.84. The van der Waals surface area contributed by atoms with Crippen molar-refractivity contribution in [2.45, 2.75) is 25.9 Å². The highest BCUT2D eigenvalue weighted by Gasteiger charge is 2.40. The Labute approximate surface area is 205 Å². The highest BCUT2D eigenvalue weighted by molar-refractivity contribution is 6.31. The molecule has 178 valence electrons. The summed E-state index contributed by atoms with van der Waals surface area (Å²) < 4.78 is 30.8. The summed E-state index contributed by atoms with van der Waals surface area (Å²) in [6.07, 6.45) is 0.0522. The lowest BCUT2D eigenvalue weighted by molar-refractivity contribution is 0.0507. The van der Waals surface area contributed by atoms with Crippen molar-refractivity contribution in [3.8, 4) is 11.5 Å². The van der Waals surface area contributed by atoms with Gasteiger partial charge in [-0.2, -0.15) is 0 Å². The van der Waals surface area contributed by atoms with Crippen LogP contribution < -0.4 is 14.8 Å². The third-order valence-electron chi connectivity index (χ3n) is 6.24.